The summed E-state index contributed by atoms with van der Waals surface area (Å²) in [5, 5.41) is 12.0. The molecule has 7 heteroatoms. The van der Waals surface area contributed by atoms with Gasteiger partial charge in [-0.3, -0.25) is 4.79 Å². The molecule has 0 aliphatic heterocycles. The van der Waals surface area contributed by atoms with Gasteiger partial charge in [-0.25, -0.2) is 14.8 Å². The Morgan fingerprint density at radius 1 is 1.35 bits per heavy atom. The molecule has 1 atom stereocenters. The smallest absolute Gasteiger partial charge is 0.326 e. The van der Waals surface area contributed by atoms with Crippen molar-refractivity contribution < 1.29 is 14.7 Å². The third-order valence-corrected chi connectivity index (χ3v) is 3.35. The van der Waals surface area contributed by atoms with Crippen molar-refractivity contribution in [2.75, 3.05) is 5.75 Å². The Labute approximate surface area is 122 Å². The predicted octanol–water partition coefficient (Wildman–Crippen LogP) is 1.56. The van der Waals surface area contributed by atoms with Crippen LogP contribution in [0.25, 0.3) is 0 Å². The lowest BCUT2D eigenvalue weighted by molar-refractivity contribution is -0.141. The molecule has 0 radical (unpaired) electrons. The number of carbonyl (C=O) groups excluding carboxylic acids is 1. The molecule has 110 valence electrons. The summed E-state index contributed by atoms with van der Waals surface area (Å²) in [6.07, 6.45) is 1.12. The van der Waals surface area contributed by atoms with E-state index < -0.39 is 12.0 Å². The van der Waals surface area contributed by atoms with Gasteiger partial charge in [0.2, 0.25) is 5.91 Å². The monoisotopic (exact) mass is 297 g/mol. The number of rotatable bonds is 7. The van der Waals surface area contributed by atoms with E-state index in [1.165, 1.54) is 11.8 Å². The molecule has 6 nitrogen and oxygen atoms in total. The zero-order valence-corrected chi connectivity index (χ0v) is 12.7. The minimum atomic E-state index is -1.01. The van der Waals surface area contributed by atoms with Gasteiger partial charge in [-0.15, -0.1) is 0 Å². The van der Waals surface area contributed by atoms with E-state index in [0.717, 1.165) is 11.4 Å². The van der Waals surface area contributed by atoms with E-state index in [2.05, 4.69) is 15.3 Å². The molecule has 0 aromatic carbocycles. The molecule has 1 rings (SSSR count). The van der Waals surface area contributed by atoms with E-state index in [9.17, 15) is 9.59 Å². The number of carbonyl (C=O) groups is 2. The summed E-state index contributed by atoms with van der Waals surface area (Å²) in [4.78, 5) is 31.1. The van der Waals surface area contributed by atoms with Gasteiger partial charge >= 0.3 is 5.97 Å². The van der Waals surface area contributed by atoms with Gasteiger partial charge in [0.1, 0.15) is 6.04 Å². The normalized spacial score (nSPS) is 11.9. The molecule has 0 spiro atoms. The highest BCUT2D eigenvalue weighted by molar-refractivity contribution is 7.99. The van der Waals surface area contributed by atoms with Gasteiger partial charge in [-0.05, 0) is 26.3 Å². The van der Waals surface area contributed by atoms with Crippen LogP contribution in [0, 0.1) is 13.8 Å². The molecule has 1 amide bonds. The molecule has 0 aliphatic rings. The first-order valence-corrected chi connectivity index (χ1v) is 7.38. The first kappa shape index (κ1) is 16.4. The number of aliphatic carboxylic acids is 1. The summed E-state index contributed by atoms with van der Waals surface area (Å²) in [5.74, 6) is -1.22. The number of hydrogen-bond donors (Lipinski definition) is 2. The van der Waals surface area contributed by atoms with Crippen LogP contribution in [0.5, 0.6) is 0 Å². The van der Waals surface area contributed by atoms with Gasteiger partial charge in [0, 0.05) is 11.4 Å². The second-order valence-corrected chi connectivity index (χ2v) is 5.41. The fourth-order valence-electron chi connectivity index (χ4n) is 1.67. The molecule has 0 fully saturated rings. The van der Waals surface area contributed by atoms with Crippen LogP contribution in [0.2, 0.25) is 0 Å². The summed E-state index contributed by atoms with van der Waals surface area (Å²) in [5.41, 5.74) is 1.68. The number of nitrogens with zero attached hydrogens (tertiary/aromatic N) is 2. The molecule has 0 saturated carbocycles. The van der Waals surface area contributed by atoms with Crippen LogP contribution < -0.4 is 5.32 Å². The molecular weight excluding hydrogens is 278 g/mol. The Kier molecular flexibility index (Phi) is 6.44. The van der Waals surface area contributed by atoms with E-state index in [0.29, 0.717) is 18.0 Å². The van der Waals surface area contributed by atoms with Crippen molar-refractivity contribution in [2.24, 2.45) is 0 Å². The summed E-state index contributed by atoms with van der Waals surface area (Å²) < 4.78 is 0. The van der Waals surface area contributed by atoms with E-state index in [1.807, 2.05) is 26.8 Å². The highest BCUT2D eigenvalue weighted by Gasteiger charge is 2.18. The van der Waals surface area contributed by atoms with Gasteiger partial charge in [0.05, 0.1) is 5.75 Å². The number of thioether (sulfide) groups is 1. The van der Waals surface area contributed by atoms with Crippen molar-refractivity contribution in [1.29, 1.82) is 0 Å². The maximum absolute atomic E-state index is 11.7. The summed E-state index contributed by atoms with van der Waals surface area (Å²) in [6.45, 7) is 5.60. The molecular formula is C13H19N3O3S. The van der Waals surface area contributed by atoms with Gasteiger partial charge in [0.25, 0.3) is 0 Å². The Balaban J connectivity index is 2.52. The first-order valence-electron chi connectivity index (χ1n) is 6.39. The standard InChI is InChI=1S/C13H19N3O3S/c1-4-5-10(12(18)19)16-11(17)7-20-13-14-8(2)6-9(3)15-13/h6,10H,4-5,7H2,1-3H3,(H,16,17)(H,18,19). The SMILES string of the molecule is CCCC(NC(=O)CSc1nc(C)cc(C)n1)C(=O)O. The Morgan fingerprint density at radius 3 is 2.45 bits per heavy atom. The number of carboxylic acids is 1. The number of aryl methyl sites for hydroxylation is 2. The van der Waals surface area contributed by atoms with Gasteiger partial charge < -0.3 is 10.4 Å². The fourth-order valence-corrected chi connectivity index (χ4v) is 2.43. The van der Waals surface area contributed by atoms with E-state index >= 15 is 0 Å². The van der Waals surface area contributed by atoms with E-state index in [4.69, 9.17) is 5.11 Å². The molecule has 2 N–H and O–H groups in total. The Hall–Kier alpha value is -1.63. The van der Waals surface area contributed by atoms with Crippen LogP contribution in [0.1, 0.15) is 31.2 Å². The molecule has 0 bridgehead atoms. The van der Waals surface area contributed by atoms with Crippen LogP contribution in [0.4, 0.5) is 0 Å². The van der Waals surface area contributed by atoms with Crippen molar-refractivity contribution in [1.82, 2.24) is 15.3 Å². The molecule has 20 heavy (non-hydrogen) atoms. The first-order chi connectivity index (χ1) is 9.42. The van der Waals surface area contributed by atoms with Crippen molar-refractivity contribution in [3.05, 3.63) is 17.5 Å². The minimum absolute atomic E-state index is 0.108. The summed E-state index contributed by atoms with van der Waals surface area (Å²) >= 11 is 1.20. The van der Waals surface area contributed by atoms with Crippen molar-refractivity contribution >= 4 is 23.6 Å². The zero-order chi connectivity index (χ0) is 15.1. The second kappa shape index (κ2) is 7.84. The average Bonchev–Trinajstić information content (AvgIpc) is 2.34. The fraction of sp³-hybridized carbons (Fsp3) is 0.538. The lowest BCUT2D eigenvalue weighted by Crippen LogP contribution is -2.41. The molecule has 1 aromatic heterocycles. The summed E-state index contributed by atoms with van der Waals surface area (Å²) in [6, 6.07) is 1.03. The number of amides is 1. The number of carboxylic acid groups (broad SMARTS) is 1. The third-order valence-electron chi connectivity index (χ3n) is 2.50. The lowest BCUT2D eigenvalue weighted by atomic mass is 10.2. The molecule has 1 unspecified atom stereocenters. The topological polar surface area (TPSA) is 92.2 Å². The quantitative estimate of drug-likeness (QED) is 0.586. The zero-order valence-electron chi connectivity index (χ0n) is 11.8. The summed E-state index contributed by atoms with van der Waals surface area (Å²) in [7, 11) is 0. The van der Waals surface area contributed by atoms with Crippen molar-refractivity contribution in [2.45, 2.75) is 44.8 Å². The van der Waals surface area contributed by atoms with E-state index in [-0.39, 0.29) is 11.7 Å². The predicted molar refractivity (Wildman–Crippen MR) is 76.7 cm³/mol. The Morgan fingerprint density at radius 2 is 1.95 bits per heavy atom. The van der Waals surface area contributed by atoms with Gasteiger partial charge in [-0.2, -0.15) is 0 Å². The number of hydrogen-bond acceptors (Lipinski definition) is 5. The number of nitrogens with one attached hydrogen (secondary N) is 1. The van der Waals surface area contributed by atoms with Crippen molar-refractivity contribution in [3.63, 3.8) is 0 Å². The van der Waals surface area contributed by atoms with Crippen LogP contribution in [0.15, 0.2) is 11.2 Å². The van der Waals surface area contributed by atoms with Crippen LogP contribution >= 0.6 is 11.8 Å². The largest absolute Gasteiger partial charge is 0.480 e. The van der Waals surface area contributed by atoms with Gasteiger partial charge in [0.15, 0.2) is 5.16 Å². The highest BCUT2D eigenvalue weighted by Crippen LogP contribution is 2.13. The highest BCUT2D eigenvalue weighted by atomic mass is 32.2. The van der Waals surface area contributed by atoms with Crippen LogP contribution in [-0.4, -0.2) is 38.7 Å². The average molecular weight is 297 g/mol. The second-order valence-electron chi connectivity index (χ2n) is 4.47. The van der Waals surface area contributed by atoms with Crippen LogP contribution in [-0.2, 0) is 9.59 Å². The molecule has 0 aliphatic carbocycles. The minimum Gasteiger partial charge on any atom is -0.480 e. The molecule has 0 saturated heterocycles. The third kappa shape index (κ3) is 5.56. The lowest BCUT2D eigenvalue weighted by Gasteiger charge is -2.13. The molecule has 1 heterocycles. The molecule has 1 aromatic rings. The maximum atomic E-state index is 11.7. The van der Waals surface area contributed by atoms with Crippen LogP contribution in [0.3, 0.4) is 0 Å². The maximum Gasteiger partial charge on any atom is 0.326 e. The van der Waals surface area contributed by atoms with Crippen molar-refractivity contribution in [3.8, 4) is 0 Å². The Bertz CT molecular complexity index is 473. The number of aromatic nitrogens is 2. The van der Waals surface area contributed by atoms with Gasteiger partial charge in [-0.1, -0.05) is 25.1 Å². The van der Waals surface area contributed by atoms with E-state index in [1.54, 1.807) is 0 Å².